The Balaban J connectivity index is 1.55. The third kappa shape index (κ3) is 3.40. The van der Waals surface area contributed by atoms with Crippen LogP contribution in [0, 0.1) is 11.7 Å². The average molecular weight is 370 g/mol. The summed E-state index contributed by atoms with van der Waals surface area (Å²) in [4.78, 5) is 19.1. The van der Waals surface area contributed by atoms with Gasteiger partial charge in [-0.3, -0.25) is 10.2 Å². The number of nitrogens with one attached hydrogen (secondary N) is 2. The third-order valence-electron chi connectivity index (χ3n) is 5.32. The summed E-state index contributed by atoms with van der Waals surface area (Å²) < 4.78 is 19.8. The van der Waals surface area contributed by atoms with Gasteiger partial charge in [0.15, 0.2) is 0 Å². The number of nitrogens with zero attached hydrogens (tertiary/aromatic N) is 2. The number of hydrazine groups is 1. The lowest BCUT2D eigenvalue weighted by Gasteiger charge is -2.36. The van der Waals surface area contributed by atoms with Crippen molar-refractivity contribution in [2.45, 2.75) is 25.4 Å². The first-order chi connectivity index (χ1) is 13.2. The van der Waals surface area contributed by atoms with Crippen molar-refractivity contribution in [3.63, 3.8) is 0 Å². The van der Waals surface area contributed by atoms with Crippen LogP contribution in [0.25, 0.3) is 0 Å². The highest BCUT2D eigenvalue weighted by Crippen LogP contribution is 2.35. The molecule has 2 aliphatic heterocycles. The van der Waals surface area contributed by atoms with Crippen LogP contribution in [0.2, 0.25) is 0 Å². The van der Waals surface area contributed by atoms with Gasteiger partial charge in [-0.25, -0.2) is 14.8 Å². The average Bonchev–Trinajstić information content (AvgIpc) is 3.11. The maximum atomic E-state index is 14.3. The van der Waals surface area contributed by atoms with E-state index in [9.17, 15) is 9.18 Å². The topological polar surface area (TPSA) is 66.5 Å². The maximum absolute atomic E-state index is 14.3. The first-order valence-electron chi connectivity index (χ1n) is 9.31. The molecular formula is C20H23FN4O2. The van der Waals surface area contributed by atoms with Crippen molar-refractivity contribution in [3.05, 3.63) is 59.5 Å². The van der Waals surface area contributed by atoms with Gasteiger partial charge < -0.3 is 9.64 Å². The molecule has 142 valence electrons. The first-order valence-corrected chi connectivity index (χ1v) is 9.31. The summed E-state index contributed by atoms with van der Waals surface area (Å²) >= 11 is 0. The van der Waals surface area contributed by atoms with Crippen molar-refractivity contribution in [2.75, 3.05) is 19.7 Å². The molecule has 1 aromatic heterocycles. The van der Waals surface area contributed by atoms with E-state index in [1.165, 1.54) is 6.07 Å². The number of hydrogen-bond acceptors (Lipinski definition) is 5. The molecule has 0 bridgehead atoms. The Hall–Kier alpha value is -2.51. The highest BCUT2D eigenvalue weighted by Gasteiger charge is 2.42. The molecule has 0 aliphatic carbocycles. The van der Waals surface area contributed by atoms with Crippen LogP contribution in [0.1, 0.15) is 35.3 Å². The van der Waals surface area contributed by atoms with Gasteiger partial charge in [-0.1, -0.05) is 18.2 Å². The van der Waals surface area contributed by atoms with Crippen LogP contribution >= 0.6 is 0 Å². The summed E-state index contributed by atoms with van der Waals surface area (Å²) in [7, 11) is 0. The Morgan fingerprint density at radius 3 is 2.96 bits per heavy atom. The highest BCUT2D eigenvalue weighted by molar-refractivity contribution is 5.96. The number of rotatable bonds is 4. The van der Waals surface area contributed by atoms with Crippen molar-refractivity contribution >= 4 is 5.91 Å². The summed E-state index contributed by atoms with van der Waals surface area (Å²) in [6, 6.07) is 10.3. The number of likely N-dealkylation sites (tertiary alicyclic amines) is 1. The molecule has 27 heavy (non-hydrogen) atoms. The SMILES string of the molecule is CCOc1ncccc1C(=O)N1CCC2NNC(c3ccccc3F)C2C1. The standard InChI is InChI=1S/C20H23FN4O2/c1-2-27-19-14(7-5-10-22-19)20(26)25-11-9-17-15(12-25)18(24-23-17)13-6-3-4-8-16(13)21/h3-8,10,15,17-18,23-24H,2,9,11-12H2,1H3. The molecule has 2 N–H and O–H groups in total. The molecule has 0 spiro atoms. The normalized spacial score (nSPS) is 24.5. The fourth-order valence-corrected chi connectivity index (χ4v) is 4.00. The number of hydrogen-bond donors (Lipinski definition) is 2. The number of piperidine rings is 1. The number of amides is 1. The van der Waals surface area contributed by atoms with E-state index in [2.05, 4.69) is 15.8 Å². The molecule has 2 saturated heterocycles. The Morgan fingerprint density at radius 1 is 1.30 bits per heavy atom. The minimum atomic E-state index is -0.230. The third-order valence-corrected chi connectivity index (χ3v) is 5.32. The molecule has 2 aliphatic rings. The summed E-state index contributed by atoms with van der Waals surface area (Å²) in [5.41, 5.74) is 7.59. The Kier molecular flexibility index (Phi) is 5.05. The van der Waals surface area contributed by atoms with Crippen molar-refractivity contribution in [1.29, 1.82) is 0 Å². The zero-order chi connectivity index (χ0) is 18.8. The highest BCUT2D eigenvalue weighted by atomic mass is 19.1. The van der Waals surface area contributed by atoms with Crippen LogP contribution in [0.5, 0.6) is 5.88 Å². The monoisotopic (exact) mass is 370 g/mol. The predicted octanol–water partition coefficient (Wildman–Crippen LogP) is 2.30. The largest absolute Gasteiger partial charge is 0.477 e. The van der Waals surface area contributed by atoms with Crippen LogP contribution in [0.15, 0.2) is 42.6 Å². The molecule has 3 atom stereocenters. The van der Waals surface area contributed by atoms with Gasteiger partial charge in [0.1, 0.15) is 11.4 Å². The number of fused-ring (bicyclic) bond motifs is 1. The van der Waals surface area contributed by atoms with Gasteiger partial charge in [0.25, 0.3) is 5.91 Å². The van der Waals surface area contributed by atoms with Crippen LogP contribution in [0.4, 0.5) is 4.39 Å². The molecule has 6 nitrogen and oxygen atoms in total. The summed E-state index contributed by atoms with van der Waals surface area (Å²) in [5.74, 6) is 0.128. The van der Waals surface area contributed by atoms with Crippen LogP contribution in [-0.2, 0) is 0 Å². The minimum Gasteiger partial charge on any atom is -0.477 e. The van der Waals surface area contributed by atoms with Gasteiger partial charge in [-0.2, -0.15) is 0 Å². The smallest absolute Gasteiger partial charge is 0.259 e. The molecule has 2 aromatic rings. The predicted molar refractivity (Wildman–Crippen MR) is 98.6 cm³/mol. The van der Waals surface area contributed by atoms with Crippen molar-refractivity contribution in [2.24, 2.45) is 5.92 Å². The van der Waals surface area contributed by atoms with Crippen molar-refractivity contribution < 1.29 is 13.9 Å². The lowest BCUT2D eigenvalue weighted by molar-refractivity contribution is 0.0647. The Labute approximate surface area is 157 Å². The lowest BCUT2D eigenvalue weighted by Crippen LogP contribution is -2.48. The van der Waals surface area contributed by atoms with Gasteiger partial charge in [-0.05, 0) is 31.5 Å². The maximum Gasteiger partial charge on any atom is 0.259 e. The number of carbonyl (C=O) groups excluding carboxylic acids is 1. The van der Waals surface area contributed by atoms with E-state index < -0.39 is 0 Å². The zero-order valence-corrected chi connectivity index (χ0v) is 15.2. The van der Waals surface area contributed by atoms with Crippen LogP contribution in [-0.4, -0.2) is 41.5 Å². The second-order valence-electron chi connectivity index (χ2n) is 6.89. The minimum absolute atomic E-state index is 0.0896. The van der Waals surface area contributed by atoms with E-state index in [1.807, 2.05) is 17.9 Å². The van der Waals surface area contributed by atoms with E-state index in [4.69, 9.17) is 4.74 Å². The molecular weight excluding hydrogens is 347 g/mol. The fraction of sp³-hybridized carbons (Fsp3) is 0.400. The van der Waals surface area contributed by atoms with Gasteiger partial charge >= 0.3 is 0 Å². The van der Waals surface area contributed by atoms with E-state index in [0.717, 1.165) is 6.42 Å². The van der Waals surface area contributed by atoms with Gasteiger partial charge in [0, 0.05) is 36.8 Å². The summed E-state index contributed by atoms with van der Waals surface area (Å²) in [5, 5.41) is 0. The van der Waals surface area contributed by atoms with Crippen molar-refractivity contribution in [1.82, 2.24) is 20.7 Å². The Morgan fingerprint density at radius 2 is 2.15 bits per heavy atom. The second-order valence-corrected chi connectivity index (χ2v) is 6.89. The number of aromatic nitrogens is 1. The van der Waals surface area contributed by atoms with E-state index in [-0.39, 0.29) is 29.7 Å². The molecule has 1 aromatic carbocycles. The Bertz CT molecular complexity index is 831. The van der Waals surface area contributed by atoms with Crippen LogP contribution < -0.4 is 15.6 Å². The number of pyridine rings is 1. The van der Waals surface area contributed by atoms with Gasteiger partial charge in [-0.15, -0.1) is 0 Å². The molecule has 2 fully saturated rings. The number of carbonyl (C=O) groups is 1. The lowest BCUT2D eigenvalue weighted by atomic mass is 9.84. The molecule has 0 radical (unpaired) electrons. The molecule has 4 rings (SSSR count). The van der Waals surface area contributed by atoms with Gasteiger partial charge in [0.2, 0.25) is 5.88 Å². The van der Waals surface area contributed by atoms with Gasteiger partial charge in [0.05, 0.1) is 12.6 Å². The quantitative estimate of drug-likeness (QED) is 0.865. The van der Waals surface area contributed by atoms with E-state index >= 15 is 0 Å². The van der Waals surface area contributed by atoms with E-state index in [1.54, 1.807) is 30.5 Å². The summed E-state index contributed by atoms with van der Waals surface area (Å²) in [6.07, 6.45) is 2.42. The molecule has 0 saturated carbocycles. The zero-order valence-electron chi connectivity index (χ0n) is 15.2. The second kappa shape index (κ2) is 7.62. The first kappa shape index (κ1) is 17.9. The molecule has 3 heterocycles. The van der Waals surface area contributed by atoms with E-state index in [0.29, 0.717) is 36.7 Å². The molecule has 7 heteroatoms. The summed E-state index contributed by atoms with van der Waals surface area (Å²) in [6.45, 7) is 3.50. The number of benzene rings is 1. The number of ether oxygens (including phenoxy) is 1. The van der Waals surface area contributed by atoms with Crippen molar-refractivity contribution in [3.8, 4) is 5.88 Å². The molecule has 3 unspecified atom stereocenters. The number of halogens is 1. The fourth-order valence-electron chi connectivity index (χ4n) is 4.00. The molecule has 1 amide bonds. The van der Waals surface area contributed by atoms with Crippen LogP contribution in [0.3, 0.4) is 0 Å².